The van der Waals surface area contributed by atoms with Crippen LogP contribution in [0.4, 0.5) is 0 Å². The minimum atomic E-state index is -0.0369. The van der Waals surface area contributed by atoms with Gasteiger partial charge >= 0.3 is 0 Å². The highest BCUT2D eigenvalue weighted by atomic mass is 16.5. The van der Waals surface area contributed by atoms with Crippen molar-refractivity contribution in [1.82, 2.24) is 0 Å². The second-order valence-electron chi connectivity index (χ2n) is 3.90. The highest BCUT2D eigenvalue weighted by Crippen LogP contribution is 2.37. The molecule has 15 heavy (non-hydrogen) atoms. The van der Waals surface area contributed by atoms with Crippen LogP contribution in [0.1, 0.15) is 31.9 Å². The Labute approximate surface area is 90.2 Å². The predicted molar refractivity (Wildman–Crippen MR) is 59.2 cm³/mol. The maximum atomic E-state index is 6.01. The van der Waals surface area contributed by atoms with E-state index in [1.54, 1.807) is 0 Å². The van der Waals surface area contributed by atoms with Crippen molar-refractivity contribution in [3.05, 3.63) is 23.8 Å². The van der Waals surface area contributed by atoms with Gasteiger partial charge in [0.25, 0.3) is 0 Å². The smallest absolute Gasteiger partial charge is 0.124 e. The van der Waals surface area contributed by atoms with Crippen molar-refractivity contribution in [3.63, 3.8) is 0 Å². The van der Waals surface area contributed by atoms with Crippen LogP contribution in [0, 0.1) is 0 Å². The fourth-order valence-corrected chi connectivity index (χ4v) is 1.73. The second kappa shape index (κ2) is 4.11. The number of benzene rings is 1. The van der Waals surface area contributed by atoms with Crippen molar-refractivity contribution < 1.29 is 9.47 Å². The Morgan fingerprint density at radius 2 is 2.27 bits per heavy atom. The van der Waals surface area contributed by atoms with Crippen molar-refractivity contribution in [1.29, 1.82) is 0 Å². The van der Waals surface area contributed by atoms with Crippen molar-refractivity contribution in [2.24, 2.45) is 5.73 Å². The summed E-state index contributed by atoms with van der Waals surface area (Å²) in [5.74, 6) is 1.77. The molecule has 3 heteroatoms. The Morgan fingerprint density at radius 3 is 3.00 bits per heavy atom. The highest BCUT2D eigenvalue weighted by Gasteiger charge is 2.28. The summed E-state index contributed by atoms with van der Waals surface area (Å²) in [4.78, 5) is 0. The zero-order valence-corrected chi connectivity index (χ0v) is 9.19. The van der Waals surface area contributed by atoms with Gasteiger partial charge in [-0.2, -0.15) is 0 Å². The van der Waals surface area contributed by atoms with Crippen LogP contribution >= 0.6 is 0 Å². The average molecular weight is 207 g/mol. The lowest BCUT2D eigenvalue weighted by Crippen LogP contribution is -2.21. The third-order valence-electron chi connectivity index (χ3n) is 2.63. The van der Waals surface area contributed by atoms with E-state index >= 15 is 0 Å². The van der Waals surface area contributed by atoms with Gasteiger partial charge < -0.3 is 15.2 Å². The van der Waals surface area contributed by atoms with Crippen LogP contribution in [-0.2, 0) is 0 Å². The van der Waals surface area contributed by atoms with E-state index in [0.717, 1.165) is 30.1 Å². The third kappa shape index (κ3) is 1.92. The summed E-state index contributed by atoms with van der Waals surface area (Å²) >= 11 is 0. The van der Waals surface area contributed by atoms with Gasteiger partial charge in [0.2, 0.25) is 0 Å². The molecule has 1 aliphatic rings. The van der Waals surface area contributed by atoms with Gasteiger partial charge in [-0.1, -0.05) is 6.92 Å². The SMILES string of the molecule is CCCOc1ccc2c(c1)C(N)C(C)O2. The normalized spacial score (nSPS) is 23.4. The molecule has 0 spiro atoms. The largest absolute Gasteiger partial charge is 0.494 e. The average Bonchev–Trinajstić information content (AvgIpc) is 2.52. The summed E-state index contributed by atoms with van der Waals surface area (Å²) in [5.41, 5.74) is 7.06. The van der Waals surface area contributed by atoms with Crippen LogP contribution in [0.5, 0.6) is 11.5 Å². The number of rotatable bonds is 3. The van der Waals surface area contributed by atoms with Crippen LogP contribution in [0.2, 0.25) is 0 Å². The molecule has 0 saturated heterocycles. The van der Waals surface area contributed by atoms with Crippen LogP contribution in [0.3, 0.4) is 0 Å². The lowest BCUT2D eigenvalue weighted by Gasteiger charge is -2.08. The minimum Gasteiger partial charge on any atom is -0.494 e. The van der Waals surface area contributed by atoms with Crippen molar-refractivity contribution in [2.45, 2.75) is 32.4 Å². The molecule has 0 radical (unpaired) electrons. The van der Waals surface area contributed by atoms with Gasteiger partial charge in [-0.3, -0.25) is 0 Å². The van der Waals surface area contributed by atoms with Gasteiger partial charge in [-0.25, -0.2) is 0 Å². The van der Waals surface area contributed by atoms with Gasteiger partial charge in [0, 0.05) is 5.56 Å². The monoisotopic (exact) mass is 207 g/mol. The number of nitrogens with two attached hydrogens (primary N) is 1. The molecule has 1 heterocycles. The lowest BCUT2D eigenvalue weighted by atomic mass is 10.1. The quantitative estimate of drug-likeness (QED) is 0.826. The van der Waals surface area contributed by atoms with Gasteiger partial charge in [-0.15, -0.1) is 0 Å². The Hall–Kier alpha value is -1.22. The fourth-order valence-electron chi connectivity index (χ4n) is 1.73. The summed E-state index contributed by atoms with van der Waals surface area (Å²) in [5, 5.41) is 0. The molecule has 2 unspecified atom stereocenters. The van der Waals surface area contributed by atoms with E-state index in [1.165, 1.54) is 0 Å². The van der Waals surface area contributed by atoms with E-state index < -0.39 is 0 Å². The molecular formula is C12H17NO2. The Balaban J connectivity index is 2.20. The number of hydrogen-bond acceptors (Lipinski definition) is 3. The summed E-state index contributed by atoms with van der Waals surface area (Å²) in [7, 11) is 0. The first-order valence-electron chi connectivity index (χ1n) is 5.41. The summed E-state index contributed by atoms with van der Waals surface area (Å²) in [6.07, 6.45) is 1.07. The summed E-state index contributed by atoms with van der Waals surface area (Å²) < 4.78 is 11.2. The molecule has 0 saturated carbocycles. The Morgan fingerprint density at radius 1 is 1.47 bits per heavy atom. The first-order valence-corrected chi connectivity index (χ1v) is 5.41. The van der Waals surface area contributed by atoms with E-state index in [-0.39, 0.29) is 12.1 Å². The van der Waals surface area contributed by atoms with Gasteiger partial charge in [-0.05, 0) is 31.5 Å². The molecule has 2 N–H and O–H groups in total. The maximum Gasteiger partial charge on any atom is 0.124 e. The summed E-state index contributed by atoms with van der Waals surface area (Å²) in [6, 6.07) is 5.81. The third-order valence-corrected chi connectivity index (χ3v) is 2.63. The van der Waals surface area contributed by atoms with E-state index in [0.29, 0.717) is 0 Å². The van der Waals surface area contributed by atoms with E-state index in [9.17, 15) is 0 Å². The molecular weight excluding hydrogens is 190 g/mol. The van der Waals surface area contributed by atoms with E-state index in [1.807, 2.05) is 25.1 Å². The molecule has 0 fully saturated rings. The van der Waals surface area contributed by atoms with E-state index in [2.05, 4.69) is 6.92 Å². The van der Waals surface area contributed by atoms with Crippen LogP contribution < -0.4 is 15.2 Å². The van der Waals surface area contributed by atoms with Crippen molar-refractivity contribution in [2.75, 3.05) is 6.61 Å². The zero-order valence-electron chi connectivity index (χ0n) is 9.19. The van der Waals surface area contributed by atoms with Crippen molar-refractivity contribution in [3.8, 4) is 11.5 Å². The first kappa shape index (κ1) is 10.3. The molecule has 0 aliphatic carbocycles. The van der Waals surface area contributed by atoms with Crippen LogP contribution in [0.15, 0.2) is 18.2 Å². The molecule has 82 valence electrons. The summed E-state index contributed by atoms with van der Waals surface area (Å²) in [6.45, 7) is 4.81. The number of ether oxygens (including phenoxy) is 2. The minimum absolute atomic E-state index is 0.0369. The number of fused-ring (bicyclic) bond motifs is 1. The van der Waals surface area contributed by atoms with Gasteiger partial charge in [0.15, 0.2) is 0 Å². The highest BCUT2D eigenvalue weighted by molar-refractivity contribution is 5.45. The second-order valence-corrected chi connectivity index (χ2v) is 3.90. The lowest BCUT2D eigenvalue weighted by molar-refractivity contribution is 0.228. The number of hydrogen-bond donors (Lipinski definition) is 1. The zero-order chi connectivity index (χ0) is 10.8. The molecule has 0 amide bonds. The molecule has 0 aromatic heterocycles. The van der Waals surface area contributed by atoms with Crippen LogP contribution in [0.25, 0.3) is 0 Å². The van der Waals surface area contributed by atoms with Gasteiger partial charge in [0.1, 0.15) is 17.6 Å². The first-order chi connectivity index (χ1) is 7.22. The maximum absolute atomic E-state index is 6.01. The predicted octanol–water partition coefficient (Wildman–Crippen LogP) is 2.26. The van der Waals surface area contributed by atoms with Crippen molar-refractivity contribution >= 4 is 0 Å². The molecule has 1 aliphatic heterocycles. The topological polar surface area (TPSA) is 44.5 Å². The molecule has 2 rings (SSSR count). The molecule has 0 bridgehead atoms. The van der Waals surface area contributed by atoms with Crippen LogP contribution in [-0.4, -0.2) is 12.7 Å². The standard InChI is InChI=1S/C12H17NO2/c1-3-6-14-9-4-5-11-10(7-9)12(13)8(2)15-11/h4-5,7-8,12H,3,6,13H2,1-2H3. The Bertz CT molecular complexity index is 351. The fraction of sp³-hybridized carbons (Fsp3) is 0.500. The molecule has 1 aromatic carbocycles. The Kier molecular flexibility index (Phi) is 2.82. The molecule has 3 nitrogen and oxygen atoms in total. The van der Waals surface area contributed by atoms with E-state index in [4.69, 9.17) is 15.2 Å². The van der Waals surface area contributed by atoms with Gasteiger partial charge in [0.05, 0.1) is 12.6 Å². The molecule has 1 aromatic rings. The molecule has 2 atom stereocenters.